The second-order valence-electron chi connectivity index (χ2n) is 4.88. The number of carbonyl (C=O) groups is 2. The Morgan fingerprint density at radius 1 is 1.45 bits per heavy atom. The van der Waals surface area contributed by atoms with E-state index < -0.39 is 22.1 Å². The summed E-state index contributed by atoms with van der Waals surface area (Å²) in [7, 11) is -2.54. The van der Waals surface area contributed by atoms with Crippen LogP contribution >= 0.6 is 0 Å². The van der Waals surface area contributed by atoms with Crippen LogP contribution in [-0.2, 0) is 19.6 Å². The van der Waals surface area contributed by atoms with E-state index in [-0.39, 0.29) is 29.5 Å². The molecular weight excluding hydrogens is 312 g/mol. The summed E-state index contributed by atoms with van der Waals surface area (Å²) >= 11 is 0. The molecule has 0 saturated heterocycles. The van der Waals surface area contributed by atoms with Crippen LogP contribution in [0.25, 0.3) is 0 Å². The van der Waals surface area contributed by atoms with Gasteiger partial charge >= 0.3 is 5.97 Å². The number of rotatable bonds is 5. The van der Waals surface area contributed by atoms with Crippen molar-refractivity contribution in [2.24, 2.45) is 0 Å². The van der Waals surface area contributed by atoms with Crippen LogP contribution in [0.15, 0.2) is 23.1 Å². The van der Waals surface area contributed by atoms with Gasteiger partial charge in [0.05, 0.1) is 17.0 Å². The summed E-state index contributed by atoms with van der Waals surface area (Å²) in [5.74, 6) is -1.05. The molecule has 9 heteroatoms. The summed E-state index contributed by atoms with van der Waals surface area (Å²) in [6.45, 7) is 1.44. The van der Waals surface area contributed by atoms with E-state index in [1.165, 1.54) is 25.2 Å². The molecule has 2 N–H and O–H groups in total. The number of carboxylic acid groups (broad SMARTS) is 1. The number of hydrogen-bond donors (Lipinski definition) is 2. The van der Waals surface area contributed by atoms with Crippen molar-refractivity contribution in [1.82, 2.24) is 4.31 Å². The minimum absolute atomic E-state index is 0.0439. The SMILES string of the molecule is CC1Oc2ccc(S(=O)(=O)N(C)CCC(=O)O)cc2NC1=O. The van der Waals surface area contributed by atoms with Crippen molar-refractivity contribution in [3.05, 3.63) is 18.2 Å². The van der Waals surface area contributed by atoms with Gasteiger partial charge in [0.1, 0.15) is 5.75 Å². The maximum Gasteiger partial charge on any atom is 0.304 e. The molecule has 1 aliphatic rings. The minimum Gasteiger partial charge on any atom is -0.481 e. The van der Waals surface area contributed by atoms with Gasteiger partial charge in [-0.3, -0.25) is 9.59 Å². The first-order valence-electron chi connectivity index (χ1n) is 6.51. The number of fused-ring (bicyclic) bond motifs is 1. The van der Waals surface area contributed by atoms with Gasteiger partial charge < -0.3 is 15.2 Å². The van der Waals surface area contributed by atoms with Crippen LogP contribution in [0.1, 0.15) is 13.3 Å². The number of nitrogens with zero attached hydrogens (tertiary/aromatic N) is 1. The summed E-state index contributed by atoms with van der Waals surface area (Å²) in [5.41, 5.74) is 0.274. The quantitative estimate of drug-likeness (QED) is 0.814. The number of carboxylic acids is 1. The molecule has 22 heavy (non-hydrogen) atoms. The highest BCUT2D eigenvalue weighted by molar-refractivity contribution is 7.89. The zero-order valence-corrected chi connectivity index (χ0v) is 12.9. The highest BCUT2D eigenvalue weighted by atomic mass is 32.2. The predicted octanol–water partition coefficient (Wildman–Crippen LogP) is 0.501. The van der Waals surface area contributed by atoms with Gasteiger partial charge in [0.25, 0.3) is 5.91 Å². The van der Waals surface area contributed by atoms with Gasteiger partial charge in [0.15, 0.2) is 6.10 Å². The van der Waals surface area contributed by atoms with Gasteiger partial charge in [-0.2, -0.15) is 0 Å². The van der Waals surface area contributed by atoms with E-state index in [2.05, 4.69) is 5.32 Å². The third-order valence-corrected chi connectivity index (χ3v) is 5.08. The molecule has 1 heterocycles. The van der Waals surface area contributed by atoms with Crippen LogP contribution in [0.2, 0.25) is 0 Å². The molecule has 1 atom stereocenters. The molecule has 0 saturated carbocycles. The number of hydrogen-bond acceptors (Lipinski definition) is 5. The maximum absolute atomic E-state index is 12.4. The van der Waals surface area contributed by atoms with Crippen molar-refractivity contribution in [2.75, 3.05) is 18.9 Å². The van der Waals surface area contributed by atoms with Crippen molar-refractivity contribution in [3.8, 4) is 5.75 Å². The number of sulfonamides is 1. The lowest BCUT2D eigenvalue weighted by Gasteiger charge is -2.24. The summed E-state index contributed by atoms with van der Waals surface area (Å²) in [6, 6.07) is 4.12. The normalized spacial score (nSPS) is 17.6. The summed E-state index contributed by atoms with van der Waals surface area (Å²) in [6.07, 6.45) is -0.939. The molecule has 8 nitrogen and oxygen atoms in total. The number of ether oxygens (including phenoxy) is 1. The molecule has 0 spiro atoms. The number of benzene rings is 1. The Labute approximate surface area is 127 Å². The number of aliphatic carboxylic acids is 1. The molecular formula is C13H16N2O6S. The van der Waals surface area contributed by atoms with Gasteiger partial charge in [-0.15, -0.1) is 0 Å². The summed E-state index contributed by atoms with van der Waals surface area (Å²) in [4.78, 5) is 22.1. The van der Waals surface area contributed by atoms with E-state index in [4.69, 9.17) is 9.84 Å². The van der Waals surface area contributed by atoms with Gasteiger partial charge in [-0.05, 0) is 25.1 Å². The molecule has 1 amide bonds. The first-order valence-corrected chi connectivity index (χ1v) is 7.95. The fourth-order valence-corrected chi connectivity index (χ4v) is 3.10. The minimum atomic E-state index is -3.84. The topological polar surface area (TPSA) is 113 Å². The Balaban J connectivity index is 2.27. The summed E-state index contributed by atoms with van der Waals surface area (Å²) in [5, 5.41) is 11.2. The largest absolute Gasteiger partial charge is 0.481 e. The van der Waals surface area contributed by atoms with E-state index >= 15 is 0 Å². The van der Waals surface area contributed by atoms with Crippen molar-refractivity contribution < 1.29 is 27.9 Å². The predicted molar refractivity (Wildman–Crippen MR) is 77.2 cm³/mol. The Morgan fingerprint density at radius 3 is 2.77 bits per heavy atom. The standard InChI is InChI=1S/C13H16N2O6S/c1-8-13(18)14-10-7-9(3-4-11(10)21-8)22(19,20)15(2)6-5-12(16)17/h3-4,7-8H,5-6H2,1-2H3,(H,14,18)(H,16,17). The average molecular weight is 328 g/mol. The van der Waals surface area contributed by atoms with Crippen molar-refractivity contribution >= 4 is 27.6 Å². The van der Waals surface area contributed by atoms with E-state index in [1.807, 2.05) is 0 Å². The maximum atomic E-state index is 12.4. The monoisotopic (exact) mass is 328 g/mol. The zero-order valence-electron chi connectivity index (χ0n) is 12.1. The molecule has 0 fully saturated rings. The number of anilines is 1. The Hall–Kier alpha value is -2.13. The first kappa shape index (κ1) is 16.2. The van der Waals surface area contributed by atoms with Crippen LogP contribution in [0.3, 0.4) is 0 Å². The lowest BCUT2D eigenvalue weighted by Crippen LogP contribution is -2.34. The lowest BCUT2D eigenvalue weighted by atomic mass is 10.2. The second kappa shape index (κ2) is 5.93. The molecule has 120 valence electrons. The number of carbonyl (C=O) groups excluding carboxylic acids is 1. The number of amides is 1. The van der Waals surface area contributed by atoms with E-state index in [1.54, 1.807) is 6.92 Å². The van der Waals surface area contributed by atoms with Gasteiger partial charge in [-0.1, -0.05) is 0 Å². The van der Waals surface area contributed by atoms with Crippen LogP contribution in [0, 0.1) is 0 Å². The molecule has 1 aromatic carbocycles. The fraction of sp³-hybridized carbons (Fsp3) is 0.385. The summed E-state index contributed by atoms with van der Waals surface area (Å²) < 4.78 is 31.0. The molecule has 0 aromatic heterocycles. The number of nitrogens with one attached hydrogen (secondary N) is 1. The third-order valence-electron chi connectivity index (χ3n) is 3.23. The average Bonchev–Trinajstić information content (AvgIpc) is 2.45. The third kappa shape index (κ3) is 3.20. The van der Waals surface area contributed by atoms with E-state index in [9.17, 15) is 18.0 Å². The molecule has 0 radical (unpaired) electrons. The lowest BCUT2D eigenvalue weighted by molar-refractivity contribution is -0.137. The van der Waals surface area contributed by atoms with Gasteiger partial charge in [-0.25, -0.2) is 12.7 Å². The first-order chi connectivity index (χ1) is 10.2. The van der Waals surface area contributed by atoms with Crippen LogP contribution < -0.4 is 10.1 Å². The fourth-order valence-electron chi connectivity index (χ4n) is 1.90. The van der Waals surface area contributed by atoms with Gasteiger partial charge in [0.2, 0.25) is 10.0 Å². The van der Waals surface area contributed by atoms with Crippen LogP contribution in [-0.4, -0.2) is 49.4 Å². The Kier molecular flexibility index (Phi) is 4.38. The molecule has 0 bridgehead atoms. The van der Waals surface area contributed by atoms with Gasteiger partial charge in [0, 0.05) is 13.6 Å². The zero-order chi connectivity index (χ0) is 16.5. The molecule has 1 aliphatic heterocycles. The highest BCUT2D eigenvalue weighted by Gasteiger charge is 2.27. The highest BCUT2D eigenvalue weighted by Crippen LogP contribution is 2.32. The van der Waals surface area contributed by atoms with Crippen molar-refractivity contribution in [2.45, 2.75) is 24.3 Å². The Morgan fingerprint density at radius 2 is 2.14 bits per heavy atom. The van der Waals surface area contributed by atoms with Crippen LogP contribution in [0.4, 0.5) is 5.69 Å². The van der Waals surface area contributed by atoms with Crippen molar-refractivity contribution in [1.29, 1.82) is 0 Å². The molecule has 2 rings (SSSR count). The molecule has 1 unspecified atom stereocenters. The van der Waals surface area contributed by atoms with Crippen molar-refractivity contribution in [3.63, 3.8) is 0 Å². The second-order valence-corrected chi connectivity index (χ2v) is 6.92. The van der Waals surface area contributed by atoms with E-state index in [0.29, 0.717) is 5.75 Å². The molecule has 0 aliphatic carbocycles. The Bertz CT molecular complexity index is 715. The van der Waals surface area contributed by atoms with Crippen LogP contribution in [0.5, 0.6) is 5.75 Å². The smallest absolute Gasteiger partial charge is 0.304 e. The van der Waals surface area contributed by atoms with E-state index in [0.717, 1.165) is 4.31 Å². The molecule has 1 aromatic rings.